The molecule has 0 aromatic carbocycles. The van der Waals surface area contributed by atoms with Crippen molar-refractivity contribution in [1.82, 2.24) is 0 Å². The Morgan fingerprint density at radius 1 is 1.14 bits per heavy atom. The van der Waals surface area contributed by atoms with Crippen LogP contribution in [-0.4, -0.2) is 12.6 Å². The normalized spacial score (nSPS) is 10.7. The molecule has 0 fully saturated rings. The highest BCUT2D eigenvalue weighted by Gasteiger charge is 1.97. The van der Waals surface area contributed by atoms with Crippen molar-refractivity contribution in [2.75, 3.05) is 6.61 Å². The third-order valence-corrected chi connectivity index (χ3v) is 1.89. The Hall–Kier alpha value is -0.790. The minimum Gasteiger partial charge on any atom is -0.465 e. The summed E-state index contributed by atoms with van der Waals surface area (Å²) in [6, 6.07) is 0. The average Bonchev–Trinajstić information content (AvgIpc) is 2.17. The molecule has 14 heavy (non-hydrogen) atoms. The first kappa shape index (κ1) is 13.2. The smallest absolute Gasteiger partial charge is 0.305 e. The molecular weight excluding hydrogens is 176 g/mol. The molecule has 0 rings (SSSR count). The summed E-state index contributed by atoms with van der Waals surface area (Å²) in [4.78, 5) is 10.9. The van der Waals surface area contributed by atoms with E-state index in [1.165, 1.54) is 12.8 Å². The summed E-state index contributed by atoms with van der Waals surface area (Å²) in [6.45, 7) is 4.69. The number of allylic oxidation sites excluding steroid dienone is 1. The zero-order valence-corrected chi connectivity index (χ0v) is 9.42. The molecule has 0 aliphatic rings. The fourth-order valence-electron chi connectivity index (χ4n) is 1.07. The summed E-state index contributed by atoms with van der Waals surface area (Å²) in [5, 5.41) is 0. The van der Waals surface area contributed by atoms with Gasteiger partial charge in [-0.05, 0) is 19.3 Å². The minimum atomic E-state index is -0.0746. The largest absolute Gasteiger partial charge is 0.465 e. The third-order valence-electron chi connectivity index (χ3n) is 1.89. The monoisotopic (exact) mass is 198 g/mol. The summed E-state index contributed by atoms with van der Waals surface area (Å²) in [6.07, 6.45) is 10.1. The Morgan fingerprint density at radius 3 is 2.50 bits per heavy atom. The SMILES string of the molecule is CCCC/C=C/CCOC(=O)CCC. The van der Waals surface area contributed by atoms with E-state index in [1.54, 1.807) is 0 Å². The van der Waals surface area contributed by atoms with Gasteiger partial charge in [0.05, 0.1) is 6.61 Å². The van der Waals surface area contributed by atoms with Crippen molar-refractivity contribution < 1.29 is 9.53 Å². The van der Waals surface area contributed by atoms with Gasteiger partial charge >= 0.3 is 5.97 Å². The Morgan fingerprint density at radius 2 is 1.86 bits per heavy atom. The molecule has 0 aromatic rings. The van der Waals surface area contributed by atoms with Crippen molar-refractivity contribution in [3.8, 4) is 0 Å². The van der Waals surface area contributed by atoms with Crippen molar-refractivity contribution in [2.24, 2.45) is 0 Å². The van der Waals surface area contributed by atoms with E-state index >= 15 is 0 Å². The molecule has 0 heterocycles. The number of hydrogen-bond donors (Lipinski definition) is 0. The maximum atomic E-state index is 10.9. The Kier molecular flexibility index (Phi) is 9.71. The van der Waals surface area contributed by atoms with Crippen LogP contribution in [0.25, 0.3) is 0 Å². The van der Waals surface area contributed by atoms with Crippen molar-refractivity contribution in [3.63, 3.8) is 0 Å². The van der Waals surface area contributed by atoms with Gasteiger partial charge in [0.1, 0.15) is 0 Å². The van der Waals surface area contributed by atoms with Crippen LogP contribution in [0.15, 0.2) is 12.2 Å². The third kappa shape index (κ3) is 9.30. The van der Waals surface area contributed by atoms with E-state index in [-0.39, 0.29) is 5.97 Å². The molecule has 0 unspecified atom stereocenters. The Bertz CT molecular complexity index is 162. The highest BCUT2D eigenvalue weighted by molar-refractivity contribution is 5.69. The number of hydrogen-bond acceptors (Lipinski definition) is 2. The molecule has 0 aromatic heterocycles. The van der Waals surface area contributed by atoms with E-state index in [0.717, 1.165) is 19.3 Å². The second-order valence-electron chi connectivity index (χ2n) is 3.37. The van der Waals surface area contributed by atoms with E-state index < -0.39 is 0 Å². The van der Waals surface area contributed by atoms with Crippen LogP contribution in [0.5, 0.6) is 0 Å². The van der Waals surface area contributed by atoms with Crippen LogP contribution < -0.4 is 0 Å². The number of unbranched alkanes of at least 4 members (excludes halogenated alkanes) is 2. The topological polar surface area (TPSA) is 26.3 Å². The molecular formula is C12H22O2. The summed E-state index contributed by atoms with van der Waals surface area (Å²) in [7, 11) is 0. The van der Waals surface area contributed by atoms with Crippen LogP contribution in [0.2, 0.25) is 0 Å². The maximum Gasteiger partial charge on any atom is 0.305 e. The zero-order chi connectivity index (χ0) is 10.6. The summed E-state index contributed by atoms with van der Waals surface area (Å²) in [5.41, 5.74) is 0. The van der Waals surface area contributed by atoms with Crippen LogP contribution in [-0.2, 0) is 9.53 Å². The van der Waals surface area contributed by atoms with Gasteiger partial charge in [0.2, 0.25) is 0 Å². The van der Waals surface area contributed by atoms with E-state index in [4.69, 9.17) is 4.74 Å². The van der Waals surface area contributed by atoms with Crippen LogP contribution in [0.3, 0.4) is 0 Å². The molecule has 0 aliphatic heterocycles. The molecule has 0 aliphatic carbocycles. The number of esters is 1. The van der Waals surface area contributed by atoms with E-state index in [0.29, 0.717) is 13.0 Å². The number of carbonyl (C=O) groups is 1. The van der Waals surface area contributed by atoms with Crippen LogP contribution in [0.4, 0.5) is 0 Å². The van der Waals surface area contributed by atoms with Gasteiger partial charge < -0.3 is 4.74 Å². The number of carbonyl (C=O) groups excluding carboxylic acids is 1. The predicted octanol–water partition coefficient (Wildman–Crippen LogP) is 3.47. The average molecular weight is 198 g/mol. The first-order valence-corrected chi connectivity index (χ1v) is 5.61. The fourth-order valence-corrected chi connectivity index (χ4v) is 1.07. The fraction of sp³-hybridized carbons (Fsp3) is 0.750. The molecule has 0 bridgehead atoms. The van der Waals surface area contributed by atoms with E-state index in [9.17, 15) is 4.79 Å². The lowest BCUT2D eigenvalue weighted by Crippen LogP contribution is -2.04. The van der Waals surface area contributed by atoms with Gasteiger partial charge in [-0.3, -0.25) is 4.79 Å². The molecule has 82 valence electrons. The van der Waals surface area contributed by atoms with Crippen molar-refractivity contribution >= 4 is 5.97 Å². The summed E-state index contributed by atoms with van der Waals surface area (Å²) < 4.78 is 5.00. The molecule has 2 nitrogen and oxygen atoms in total. The summed E-state index contributed by atoms with van der Waals surface area (Å²) >= 11 is 0. The van der Waals surface area contributed by atoms with Gasteiger partial charge in [-0.1, -0.05) is 38.8 Å². The number of ether oxygens (including phenoxy) is 1. The maximum absolute atomic E-state index is 10.9. The first-order valence-electron chi connectivity index (χ1n) is 5.61. The highest BCUT2D eigenvalue weighted by atomic mass is 16.5. The zero-order valence-electron chi connectivity index (χ0n) is 9.42. The van der Waals surface area contributed by atoms with Crippen molar-refractivity contribution in [3.05, 3.63) is 12.2 Å². The lowest BCUT2D eigenvalue weighted by molar-refractivity contribution is -0.143. The van der Waals surface area contributed by atoms with Gasteiger partial charge in [0.15, 0.2) is 0 Å². The molecule has 0 saturated heterocycles. The quantitative estimate of drug-likeness (QED) is 0.339. The lowest BCUT2D eigenvalue weighted by atomic mass is 10.2. The summed E-state index contributed by atoms with van der Waals surface area (Å²) in [5.74, 6) is -0.0746. The first-order chi connectivity index (χ1) is 6.81. The van der Waals surface area contributed by atoms with Gasteiger partial charge in [-0.15, -0.1) is 0 Å². The van der Waals surface area contributed by atoms with Crippen LogP contribution >= 0.6 is 0 Å². The van der Waals surface area contributed by atoms with Gasteiger partial charge in [0, 0.05) is 6.42 Å². The Balaban J connectivity index is 3.19. The van der Waals surface area contributed by atoms with E-state index in [2.05, 4.69) is 19.1 Å². The van der Waals surface area contributed by atoms with Gasteiger partial charge in [-0.25, -0.2) is 0 Å². The second-order valence-corrected chi connectivity index (χ2v) is 3.37. The molecule has 0 amide bonds. The van der Waals surface area contributed by atoms with Crippen molar-refractivity contribution in [1.29, 1.82) is 0 Å². The second kappa shape index (κ2) is 10.3. The van der Waals surface area contributed by atoms with Gasteiger partial charge in [-0.2, -0.15) is 0 Å². The minimum absolute atomic E-state index is 0.0746. The molecule has 0 saturated carbocycles. The lowest BCUT2D eigenvalue weighted by Gasteiger charge is -2.00. The van der Waals surface area contributed by atoms with Crippen LogP contribution in [0, 0.1) is 0 Å². The van der Waals surface area contributed by atoms with Gasteiger partial charge in [0.25, 0.3) is 0 Å². The molecule has 0 atom stereocenters. The van der Waals surface area contributed by atoms with Crippen LogP contribution in [0.1, 0.15) is 52.4 Å². The number of rotatable bonds is 8. The highest BCUT2D eigenvalue weighted by Crippen LogP contribution is 1.97. The van der Waals surface area contributed by atoms with Crippen molar-refractivity contribution in [2.45, 2.75) is 52.4 Å². The van der Waals surface area contributed by atoms with E-state index in [1.807, 2.05) is 6.92 Å². The molecule has 2 heteroatoms. The molecule has 0 radical (unpaired) electrons. The Labute approximate surface area is 87.3 Å². The molecule has 0 spiro atoms. The molecule has 0 N–H and O–H groups in total. The standard InChI is InChI=1S/C12H22O2/c1-3-5-6-7-8-9-11-14-12(13)10-4-2/h7-8H,3-6,9-11H2,1-2H3/b8-7+. The predicted molar refractivity (Wildman–Crippen MR) is 59.1 cm³/mol.